The number of esters is 1. The van der Waals surface area contributed by atoms with E-state index < -0.39 is 29.4 Å². The van der Waals surface area contributed by atoms with E-state index in [2.05, 4.69) is 0 Å². The Bertz CT molecular complexity index is 543. The molecule has 0 saturated heterocycles. The number of carbonyl (C=O) groups excluding carboxylic acids is 1. The van der Waals surface area contributed by atoms with E-state index in [0.29, 0.717) is 12.8 Å². The Morgan fingerprint density at radius 1 is 1.08 bits per heavy atom. The molecule has 0 aliphatic rings. The van der Waals surface area contributed by atoms with Crippen LogP contribution in [0.1, 0.15) is 59.4 Å². The first-order valence-electron chi connectivity index (χ1n) is 9.09. The standard InChI is InChI=1S/C21H32O4/c1-15(2)14-18(19(22)23)17(20(24)25-21(3,4)5)13-9-12-16-10-7-6-8-11-16/h6-8,10-11,15,17-18H,9,12-14H2,1-5H3,(H,22,23)/t17-,18+/m0/s1. The van der Waals surface area contributed by atoms with E-state index >= 15 is 0 Å². The van der Waals surface area contributed by atoms with Gasteiger partial charge in [0.15, 0.2) is 0 Å². The van der Waals surface area contributed by atoms with Crippen molar-refractivity contribution in [1.82, 2.24) is 0 Å². The van der Waals surface area contributed by atoms with Crippen molar-refractivity contribution in [2.24, 2.45) is 17.8 Å². The Balaban J connectivity index is 2.85. The predicted octanol–water partition coefficient (Wildman–Crippen LogP) is 4.71. The minimum Gasteiger partial charge on any atom is -0.481 e. The van der Waals surface area contributed by atoms with Crippen molar-refractivity contribution in [2.75, 3.05) is 0 Å². The Hall–Kier alpha value is -1.84. The third-order valence-electron chi connectivity index (χ3n) is 4.06. The first kappa shape index (κ1) is 21.2. The van der Waals surface area contributed by atoms with Crippen LogP contribution in [0, 0.1) is 17.8 Å². The van der Waals surface area contributed by atoms with E-state index in [0.717, 1.165) is 12.8 Å². The van der Waals surface area contributed by atoms with Crippen LogP contribution < -0.4 is 0 Å². The molecule has 0 heterocycles. The van der Waals surface area contributed by atoms with E-state index in [-0.39, 0.29) is 5.92 Å². The summed E-state index contributed by atoms with van der Waals surface area (Å²) in [6.07, 6.45) is 2.59. The highest BCUT2D eigenvalue weighted by atomic mass is 16.6. The lowest BCUT2D eigenvalue weighted by Crippen LogP contribution is -2.36. The summed E-state index contributed by atoms with van der Waals surface area (Å²) in [5.41, 5.74) is 0.580. The fraction of sp³-hybridized carbons (Fsp3) is 0.619. The lowest BCUT2D eigenvalue weighted by molar-refractivity contribution is -0.167. The Kier molecular flexibility index (Phi) is 8.14. The second-order valence-corrected chi connectivity index (χ2v) is 8.09. The van der Waals surface area contributed by atoms with Crippen LogP contribution in [0.5, 0.6) is 0 Å². The molecule has 0 amide bonds. The SMILES string of the molecule is CC(C)C[C@@H](C(=O)O)[C@H](CCCc1ccccc1)C(=O)OC(C)(C)C. The van der Waals surface area contributed by atoms with Crippen molar-refractivity contribution in [3.63, 3.8) is 0 Å². The maximum Gasteiger partial charge on any atom is 0.310 e. The number of ether oxygens (including phenoxy) is 1. The van der Waals surface area contributed by atoms with Crippen molar-refractivity contribution in [2.45, 2.75) is 65.9 Å². The number of carbonyl (C=O) groups is 2. The number of hydrogen-bond acceptors (Lipinski definition) is 3. The van der Waals surface area contributed by atoms with Gasteiger partial charge in [-0.15, -0.1) is 0 Å². The number of hydrogen-bond donors (Lipinski definition) is 1. The van der Waals surface area contributed by atoms with Crippen LogP contribution in [0.2, 0.25) is 0 Å². The molecule has 0 aromatic heterocycles. The molecule has 0 bridgehead atoms. The van der Waals surface area contributed by atoms with Gasteiger partial charge in [-0.3, -0.25) is 9.59 Å². The quantitative estimate of drug-likeness (QED) is 0.656. The Morgan fingerprint density at radius 2 is 1.68 bits per heavy atom. The van der Waals surface area contributed by atoms with Crippen LogP contribution in [0.25, 0.3) is 0 Å². The fourth-order valence-corrected chi connectivity index (χ4v) is 2.98. The van der Waals surface area contributed by atoms with E-state index in [1.165, 1.54) is 5.56 Å². The molecule has 2 atom stereocenters. The van der Waals surface area contributed by atoms with Gasteiger partial charge in [0.25, 0.3) is 0 Å². The topological polar surface area (TPSA) is 63.6 Å². The smallest absolute Gasteiger partial charge is 0.310 e. The van der Waals surface area contributed by atoms with Gasteiger partial charge in [0.05, 0.1) is 11.8 Å². The lowest BCUT2D eigenvalue weighted by atomic mass is 9.82. The molecule has 0 unspecified atom stereocenters. The van der Waals surface area contributed by atoms with Crippen LogP contribution in [0.3, 0.4) is 0 Å². The monoisotopic (exact) mass is 348 g/mol. The average molecular weight is 348 g/mol. The van der Waals surface area contributed by atoms with Gasteiger partial charge in [0, 0.05) is 0 Å². The molecule has 4 nitrogen and oxygen atoms in total. The number of aliphatic carboxylic acids is 1. The molecule has 25 heavy (non-hydrogen) atoms. The molecule has 4 heteroatoms. The van der Waals surface area contributed by atoms with Gasteiger partial charge in [-0.25, -0.2) is 0 Å². The van der Waals surface area contributed by atoms with E-state index in [9.17, 15) is 14.7 Å². The normalized spacial score (nSPS) is 14.2. The summed E-state index contributed by atoms with van der Waals surface area (Å²) in [5, 5.41) is 9.65. The van der Waals surface area contributed by atoms with Gasteiger partial charge in [-0.2, -0.15) is 0 Å². The van der Waals surface area contributed by atoms with Crippen molar-refractivity contribution in [3.8, 4) is 0 Å². The number of benzene rings is 1. The van der Waals surface area contributed by atoms with Gasteiger partial charge in [-0.05, 0) is 57.9 Å². The molecule has 1 aromatic carbocycles. The Labute approximate surface area is 151 Å². The van der Waals surface area contributed by atoms with Crippen molar-refractivity contribution in [1.29, 1.82) is 0 Å². The summed E-state index contributed by atoms with van der Waals surface area (Å²) in [6.45, 7) is 9.39. The molecule has 140 valence electrons. The van der Waals surface area contributed by atoms with Gasteiger partial charge >= 0.3 is 11.9 Å². The first-order valence-corrected chi connectivity index (χ1v) is 9.09. The average Bonchev–Trinajstić information content (AvgIpc) is 2.48. The highest BCUT2D eigenvalue weighted by Gasteiger charge is 2.36. The number of rotatable bonds is 9. The van der Waals surface area contributed by atoms with E-state index in [1.807, 2.05) is 65.0 Å². The van der Waals surface area contributed by atoms with Crippen LogP contribution in [0.4, 0.5) is 0 Å². The van der Waals surface area contributed by atoms with Crippen molar-refractivity contribution in [3.05, 3.63) is 35.9 Å². The largest absolute Gasteiger partial charge is 0.481 e. The third kappa shape index (κ3) is 8.19. The highest BCUT2D eigenvalue weighted by Crippen LogP contribution is 2.28. The van der Waals surface area contributed by atoms with Crippen LogP contribution in [-0.4, -0.2) is 22.6 Å². The zero-order valence-corrected chi connectivity index (χ0v) is 16.1. The summed E-state index contributed by atoms with van der Waals surface area (Å²) in [7, 11) is 0. The van der Waals surface area contributed by atoms with Crippen LogP contribution >= 0.6 is 0 Å². The molecule has 0 radical (unpaired) electrons. The van der Waals surface area contributed by atoms with Gasteiger partial charge in [0.1, 0.15) is 5.60 Å². The summed E-state index contributed by atoms with van der Waals surface area (Å²) in [4.78, 5) is 24.4. The summed E-state index contributed by atoms with van der Waals surface area (Å²) in [6, 6.07) is 10.0. The summed E-state index contributed by atoms with van der Waals surface area (Å²) >= 11 is 0. The zero-order chi connectivity index (χ0) is 19.0. The second kappa shape index (κ2) is 9.59. The molecule has 0 aliphatic heterocycles. The maximum atomic E-state index is 12.6. The Morgan fingerprint density at radius 3 is 2.16 bits per heavy atom. The number of carboxylic acids is 1. The second-order valence-electron chi connectivity index (χ2n) is 8.09. The predicted molar refractivity (Wildman–Crippen MR) is 99.3 cm³/mol. The molecule has 0 saturated carbocycles. The van der Waals surface area contributed by atoms with E-state index in [4.69, 9.17) is 4.74 Å². The van der Waals surface area contributed by atoms with Crippen LogP contribution in [-0.2, 0) is 20.7 Å². The summed E-state index contributed by atoms with van der Waals surface area (Å²) < 4.78 is 5.51. The molecule has 0 aliphatic carbocycles. The van der Waals surface area contributed by atoms with Crippen LogP contribution in [0.15, 0.2) is 30.3 Å². The third-order valence-corrected chi connectivity index (χ3v) is 4.06. The lowest BCUT2D eigenvalue weighted by Gasteiger charge is -2.28. The number of carboxylic acid groups (broad SMARTS) is 1. The maximum absolute atomic E-state index is 12.6. The molecule has 0 spiro atoms. The molecular weight excluding hydrogens is 316 g/mol. The molecule has 1 aromatic rings. The molecule has 0 fully saturated rings. The first-order chi connectivity index (χ1) is 11.6. The number of aryl methyl sites for hydroxylation is 1. The minimum absolute atomic E-state index is 0.208. The highest BCUT2D eigenvalue weighted by molar-refractivity contribution is 5.81. The molecular formula is C21H32O4. The van der Waals surface area contributed by atoms with Gasteiger partial charge in [0.2, 0.25) is 0 Å². The van der Waals surface area contributed by atoms with E-state index in [1.54, 1.807) is 0 Å². The van der Waals surface area contributed by atoms with Gasteiger partial charge in [-0.1, -0.05) is 44.2 Å². The van der Waals surface area contributed by atoms with Crippen molar-refractivity contribution < 1.29 is 19.4 Å². The summed E-state index contributed by atoms with van der Waals surface area (Å²) in [5.74, 6) is -2.41. The van der Waals surface area contributed by atoms with Gasteiger partial charge < -0.3 is 9.84 Å². The fourth-order valence-electron chi connectivity index (χ4n) is 2.98. The minimum atomic E-state index is -0.913. The van der Waals surface area contributed by atoms with Crippen molar-refractivity contribution >= 4 is 11.9 Å². The molecule has 1 rings (SSSR count). The molecule has 1 N–H and O–H groups in total. The zero-order valence-electron chi connectivity index (χ0n) is 16.1.